The smallest absolute Gasteiger partial charge is 0.322 e. The lowest BCUT2D eigenvalue weighted by molar-refractivity contribution is 0.0942. The molecule has 1 heterocycles. The van der Waals surface area contributed by atoms with E-state index in [1.807, 2.05) is 6.92 Å². The molecule has 1 saturated carbocycles. The molecule has 7 heteroatoms. The van der Waals surface area contributed by atoms with E-state index in [0.29, 0.717) is 19.1 Å². The topological polar surface area (TPSA) is 80.2 Å². The van der Waals surface area contributed by atoms with Gasteiger partial charge >= 0.3 is 6.01 Å². The van der Waals surface area contributed by atoms with E-state index in [9.17, 15) is 5.11 Å². The highest BCUT2D eigenvalue weighted by atomic mass is 35.5. The molecule has 1 aliphatic carbocycles. The molecule has 21 heavy (non-hydrogen) atoms. The van der Waals surface area contributed by atoms with Crippen LogP contribution in [0.2, 0.25) is 5.28 Å². The lowest BCUT2D eigenvalue weighted by atomic mass is 9.74. The van der Waals surface area contributed by atoms with E-state index in [-0.39, 0.29) is 23.3 Å². The molecule has 0 aromatic carbocycles. The van der Waals surface area contributed by atoms with Crippen molar-refractivity contribution >= 4 is 17.5 Å². The molecule has 0 atom stereocenters. The number of nitrogens with one attached hydrogen (secondary N) is 1. The van der Waals surface area contributed by atoms with Gasteiger partial charge in [-0.15, -0.1) is 0 Å². The number of ether oxygens (including phenoxy) is 1. The monoisotopic (exact) mass is 314 g/mol. The van der Waals surface area contributed by atoms with Crippen LogP contribution < -0.4 is 10.1 Å². The zero-order valence-corrected chi connectivity index (χ0v) is 13.2. The number of hydrogen-bond acceptors (Lipinski definition) is 6. The van der Waals surface area contributed by atoms with Crippen LogP contribution in [0.4, 0.5) is 5.95 Å². The molecule has 0 aliphatic heterocycles. The summed E-state index contributed by atoms with van der Waals surface area (Å²) in [6.45, 7) is 3.37. The molecule has 2 rings (SSSR count). The highest BCUT2D eigenvalue weighted by molar-refractivity contribution is 6.28. The predicted molar refractivity (Wildman–Crippen MR) is 81.7 cm³/mol. The average Bonchev–Trinajstić information content (AvgIpc) is 2.51. The van der Waals surface area contributed by atoms with E-state index in [1.54, 1.807) is 0 Å². The minimum Gasteiger partial charge on any atom is -0.463 e. The lowest BCUT2D eigenvalue weighted by Gasteiger charge is -2.35. The number of anilines is 1. The Kier molecular flexibility index (Phi) is 5.99. The summed E-state index contributed by atoms with van der Waals surface area (Å²) in [4.78, 5) is 12.2. The minimum absolute atomic E-state index is 0.0816. The van der Waals surface area contributed by atoms with Gasteiger partial charge in [-0.3, -0.25) is 0 Å². The first kappa shape index (κ1) is 16.2. The summed E-state index contributed by atoms with van der Waals surface area (Å²) in [6.07, 6.45) is 6.48. The summed E-state index contributed by atoms with van der Waals surface area (Å²) in [6, 6.07) is 0.237. The van der Waals surface area contributed by atoms with Gasteiger partial charge in [0.15, 0.2) is 0 Å². The Bertz CT molecular complexity index is 453. The van der Waals surface area contributed by atoms with Crippen LogP contribution in [-0.4, -0.2) is 39.8 Å². The average molecular weight is 315 g/mol. The van der Waals surface area contributed by atoms with E-state index >= 15 is 0 Å². The van der Waals surface area contributed by atoms with Gasteiger partial charge in [-0.1, -0.05) is 26.2 Å². The van der Waals surface area contributed by atoms with Crippen LogP contribution in [0.5, 0.6) is 6.01 Å². The van der Waals surface area contributed by atoms with Crippen LogP contribution in [0.25, 0.3) is 0 Å². The number of aromatic nitrogens is 3. The molecule has 0 saturated heterocycles. The molecule has 0 spiro atoms. The molecule has 1 fully saturated rings. The van der Waals surface area contributed by atoms with Crippen LogP contribution >= 0.6 is 11.6 Å². The Morgan fingerprint density at radius 1 is 1.24 bits per heavy atom. The molecule has 1 aromatic heterocycles. The third-order valence-corrected chi connectivity index (χ3v) is 4.06. The number of halogens is 1. The lowest BCUT2D eigenvalue weighted by Crippen LogP contribution is -2.36. The third-order valence-electron chi connectivity index (χ3n) is 3.89. The normalized spacial score (nSPS) is 17.5. The number of nitrogens with zero attached hydrogens (tertiary/aromatic N) is 3. The number of aliphatic hydroxyl groups is 1. The van der Waals surface area contributed by atoms with Crippen molar-refractivity contribution in [3.8, 4) is 6.01 Å². The summed E-state index contributed by atoms with van der Waals surface area (Å²) < 4.78 is 5.38. The fraction of sp³-hybridized carbons (Fsp3) is 0.786. The largest absolute Gasteiger partial charge is 0.463 e. The Morgan fingerprint density at radius 3 is 2.67 bits per heavy atom. The maximum Gasteiger partial charge on any atom is 0.322 e. The van der Waals surface area contributed by atoms with Crippen LogP contribution in [0.15, 0.2) is 0 Å². The highest BCUT2D eigenvalue weighted by Gasteiger charge is 2.31. The zero-order valence-electron chi connectivity index (χ0n) is 12.4. The van der Waals surface area contributed by atoms with Gasteiger partial charge in [-0.05, 0) is 30.9 Å². The summed E-state index contributed by atoms with van der Waals surface area (Å²) in [7, 11) is 0. The molecule has 0 radical (unpaired) electrons. The zero-order chi connectivity index (χ0) is 15.1. The quantitative estimate of drug-likeness (QED) is 0.805. The van der Waals surface area contributed by atoms with Gasteiger partial charge in [0, 0.05) is 12.0 Å². The van der Waals surface area contributed by atoms with Gasteiger partial charge in [0.2, 0.25) is 11.2 Å². The first-order valence-electron chi connectivity index (χ1n) is 7.56. The third kappa shape index (κ3) is 4.68. The molecule has 0 amide bonds. The number of rotatable bonds is 7. The van der Waals surface area contributed by atoms with Gasteiger partial charge in [-0.25, -0.2) is 0 Å². The molecular formula is C14H23ClN4O2. The van der Waals surface area contributed by atoms with Gasteiger partial charge in [0.05, 0.1) is 13.2 Å². The van der Waals surface area contributed by atoms with Crippen molar-refractivity contribution in [1.29, 1.82) is 0 Å². The van der Waals surface area contributed by atoms with Crippen LogP contribution in [-0.2, 0) is 0 Å². The molecule has 118 valence electrons. The van der Waals surface area contributed by atoms with Crippen molar-refractivity contribution in [3.05, 3.63) is 5.28 Å². The first-order valence-corrected chi connectivity index (χ1v) is 7.94. The fourth-order valence-corrected chi connectivity index (χ4v) is 2.78. The Hall–Kier alpha value is -1.14. The van der Waals surface area contributed by atoms with E-state index < -0.39 is 0 Å². The van der Waals surface area contributed by atoms with Crippen molar-refractivity contribution in [2.45, 2.75) is 45.4 Å². The van der Waals surface area contributed by atoms with E-state index in [2.05, 4.69) is 20.3 Å². The maximum absolute atomic E-state index is 9.70. The highest BCUT2D eigenvalue weighted by Crippen LogP contribution is 2.35. The second-order valence-electron chi connectivity index (χ2n) is 5.63. The second kappa shape index (κ2) is 7.75. The fourth-order valence-electron chi connectivity index (χ4n) is 2.63. The van der Waals surface area contributed by atoms with Crippen molar-refractivity contribution in [2.24, 2.45) is 5.41 Å². The number of hydrogen-bond donors (Lipinski definition) is 2. The van der Waals surface area contributed by atoms with E-state index in [0.717, 1.165) is 32.1 Å². The summed E-state index contributed by atoms with van der Waals surface area (Å²) in [5.74, 6) is 0.402. The van der Waals surface area contributed by atoms with Crippen LogP contribution in [0, 0.1) is 5.41 Å². The molecular weight excluding hydrogens is 292 g/mol. The first-order chi connectivity index (χ1) is 10.2. The van der Waals surface area contributed by atoms with Crippen molar-refractivity contribution in [3.63, 3.8) is 0 Å². The summed E-state index contributed by atoms with van der Waals surface area (Å²) >= 11 is 5.89. The van der Waals surface area contributed by atoms with Crippen molar-refractivity contribution in [1.82, 2.24) is 15.0 Å². The van der Waals surface area contributed by atoms with Crippen molar-refractivity contribution in [2.75, 3.05) is 25.1 Å². The van der Waals surface area contributed by atoms with Gasteiger partial charge < -0.3 is 15.2 Å². The summed E-state index contributed by atoms with van der Waals surface area (Å²) in [5.41, 5.74) is -0.0816. The molecule has 6 nitrogen and oxygen atoms in total. The minimum atomic E-state index is -0.0816. The van der Waals surface area contributed by atoms with Gasteiger partial charge in [0.25, 0.3) is 0 Å². The second-order valence-corrected chi connectivity index (χ2v) is 5.97. The van der Waals surface area contributed by atoms with Crippen molar-refractivity contribution < 1.29 is 9.84 Å². The van der Waals surface area contributed by atoms with Gasteiger partial charge in [0.1, 0.15) is 0 Å². The molecule has 0 unspecified atom stereocenters. The number of aliphatic hydroxyl groups excluding tert-OH is 1. The Labute approximate surface area is 130 Å². The van der Waals surface area contributed by atoms with Crippen LogP contribution in [0.3, 0.4) is 0 Å². The standard InChI is InChI=1S/C14H23ClN4O2/c1-2-8-21-13-18-11(15)17-12(19-13)16-9-14(10-20)6-4-3-5-7-14/h20H,2-10H2,1H3,(H,16,17,18,19). The van der Waals surface area contributed by atoms with E-state index in [4.69, 9.17) is 16.3 Å². The maximum atomic E-state index is 9.70. The molecule has 2 N–H and O–H groups in total. The molecule has 0 bridgehead atoms. The van der Waals surface area contributed by atoms with Gasteiger partial charge in [-0.2, -0.15) is 15.0 Å². The predicted octanol–water partition coefficient (Wildman–Crippen LogP) is 2.67. The van der Waals surface area contributed by atoms with Crippen LogP contribution in [0.1, 0.15) is 45.4 Å². The Morgan fingerprint density at radius 2 is 2.00 bits per heavy atom. The summed E-state index contributed by atoms with van der Waals surface area (Å²) in [5, 5.41) is 13.0. The van der Waals surface area contributed by atoms with E-state index in [1.165, 1.54) is 6.42 Å². The molecule has 1 aliphatic rings. The Balaban J connectivity index is 1.99. The SMILES string of the molecule is CCCOc1nc(Cl)nc(NCC2(CO)CCCCC2)n1. The molecule has 1 aromatic rings.